The first-order chi connectivity index (χ1) is 10.3. The monoisotopic (exact) mass is 268 g/mol. The molecule has 2 aliphatic rings. The minimum atomic E-state index is 1.08. The number of benzene rings is 3. The largest absolute Gasteiger partial charge is 0.0619 e. The Hall–Kier alpha value is -2.34. The van der Waals surface area contributed by atoms with Crippen LogP contribution in [-0.2, 0) is 12.8 Å². The topological polar surface area (TPSA) is 0 Å². The molecule has 0 saturated carbocycles. The third-order valence-corrected chi connectivity index (χ3v) is 4.96. The molecule has 0 fully saturated rings. The summed E-state index contributed by atoms with van der Waals surface area (Å²) in [7, 11) is 0. The summed E-state index contributed by atoms with van der Waals surface area (Å²) in [5, 5.41) is 0. The summed E-state index contributed by atoms with van der Waals surface area (Å²) in [6.07, 6.45) is 2.17. The fourth-order valence-electron chi connectivity index (χ4n) is 4.04. The van der Waals surface area contributed by atoms with Gasteiger partial charge in [0.25, 0.3) is 0 Å². The van der Waals surface area contributed by atoms with Gasteiger partial charge in [0.1, 0.15) is 0 Å². The van der Waals surface area contributed by atoms with Gasteiger partial charge in [-0.25, -0.2) is 0 Å². The average Bonchev–Trinajstić information content (AvgIpc) is 3.03. The first-order valence-electron chi connectivity index (χ1n) is 7.64. The molecule has 0 spiro atoms. The second-order valence-corrected chi connectivity index (χ2v) is 6.31. The molecule has 0 radical (unpaired) electrons. The highest BCUT2D eigenvalue weighted by Gasteiger charge is 2.28. The van der Waals surface area contributed by atoms with Crippen LogP contribution in [0.2, 0.25) is 0 Å². The summed E-state index contributed by atoms with van der Waals surface area (Å²) in [6.45, 7) is 2.18. The summed E-state index contributed by atoms with van der Waals surface area (Å²) in [4.78, 5) is 0. The molecule has 0 aliphatic heterocycles. The standard InChI is InChI=1S/C21H16/c1-13-6-9-19-17(10-13)12-16-8-7-15-11-14-4-2-3-5-18(14)20(15)21(16)19/h2-10H,11-12H2,1H3. The molecule has 0 nitrogen and oxygen atoms in total. The van der Waals surface area contributed by atoms with Gasteiger partial charge < -0.3 is 0 Å². The van der Waals surface area contributed by atoms with E-state index in [1.165, 1.54) is 50.1 Å². The van der Waals surface area contributed by atoms with Crippen molar-refractivity contribution in [2.24, 2.45) is 0 Å². The summed E-state index contributed by atoms with van der Waals surface area (Å²) in [6, 6.07) is 20.5. The number of fused-ring (bicyclic) bond motifs is 7. The van der Waals surface area contributed by atoms with Gasteiger partial charge in [0.05, 0.1) is 0 Å². The lowest BCUT2D eigenvalue weighted by Crippen LogP contribution is -1.87. The van der Waals surface area contributed by atoms with Crippen LogP contribution in [0.4, 0.5) is 0 Å². The first kappa shape index (κ1) is 11.3. The zero-order valence-electron chi connectivity index (χ0n) is 12.1. The van der Waals surface area contributed by atoms with Crippen molar-refractivity contribution in [2.75, 3.05) is 0 Å². The van der Waals surface area contributed by atoms with Crippen molar-refractivity contribution < 1.29 is 0 Å². The molecule has 3 aromatic rings. The Morgan fingerprint density at radius 3 is 2.10 bits per heavy atom. The predicted molar refractivity (Wildman–Crippen MR) is 87.7 cm³/mol. The molecule has 0 bridgehead atoms. The number of rotatable bonds is 0. The van der Waals surface area contributed by atoms with Crippen molar-refractivity contribution >= 4 is 0 Å². The van der Waals surface area contributed by atoms with E-state index in [0.717, 1.165) is 12.8 Å². The highest BCUT2D eigenvalue weighted by Crippen LogP contribution is 2.48. The quantitative estimate of drug-likeness (QED) is 0.365. The third kappa shape index (κ3) is 1.45. The zero-order chi connectivity index (χ0) is 14.0. The normalized spacial score (nSPS) is 13.6. The lowest BCUT2D eigenvalue weighted by Gasteiger charge is -2.10. The highest BCUT2D eigenvalue weighted by molar-refractivity contribution is 5.95. The Morgan fingerprint density at radius 1 is 0.619 bits per heavy atom. The van der Waals surface area contributed by atoms with Crippen LogP contribution >= 0.6 is 0 Å². The van der Waals surface area contributed by atoms with E-state index >= 15 is 0 Å². The summed E-state index contributed by atoms with van der Waals surface area (Å²) >= 11 is 0. The molecule has 0 heteroatoms. The number of aryl methyl sites for hydroxylation is 1. The molecular weight excluding hydrogens is 252 g/mol. The Labute approximate surface area is 125 Å². The van der Waals surface area contributed by atoms with E-state index in [1.807, 2.05) is 0 Å². The van der Waals surface area contributed by atoms with Crippen molar-refractivity contribution in [3.8, 4) is 22.3 Å². The fourth-order valence-corrected chi connectivity index (χ4v) is 4.04. The van der Waals surface area contributed by atoms with Crippen LogP contribution in [0.5, 0.6) is 0 Å². The lowest BCUT2D eigenvalue weighted by atomic mass is 9.93. The van der Waals surface area contributed by atoms with Crippen LogP contribution in [-0.4, -0.2) is 0 Å². The van der Waals surface area contributed by atoms with E-state index in [2.05, 4.69) is 61.5 Å². The van der Waals surface area contributed by atoms with E-state index in [1.54, 1.807) is 0 Å². The lowest BCUT2D eigenvalue weighted by molar-refractivity contribution is 1.23. The molecule has 0 unspecified atom stereocenters. The maximum absolute atomic E-state index is 2.35. The number of hydrogen-bond acceptors (Lipinski definition) is 0. The Balaban J connectivity index is 1.86. The van der Waals surface area contributed by atoms with Crippen molar-refractivity contribution in [2.45, 2.75) is 19.8 Å². The fraction of sp³-hybridized carbons (Fsp3) is 0.143. The van der Waals surface area contributed by atoms with Crippen molar-refractivity contribution in [1.29, 1.82) is 0 Å². The Kier molecular flexibility index (Phi) is 2.08. The molecule has 100 valence electrons. The molecule has 3 aromatic carbocycles. The van der Waals surface area contributed by atoms with E-state index < -0.39 is 0 Å². The maximum atomic E-state index is 2.35. The van der Waals surface area contributed by atoms with Gasteiger partial charge in [0, 0.05) is 0 Å². The SMILES string of the molecule is Cc1ccc2c(c1)Cc1ccc3c(c1-2)-c1ccccc1C3. The van der Waals surface area contributed by atoms with E-state index in [9.17, 15) is 0 Å². The van der Waals surface area contributed by atoms with Crippen LogP contribution in [0.3, 0.4) is 0 Å². The maximum Gasteiger partial charge on any atom is -0.00131 e. The summed E-state index contributed by atoms with van der Waals surface area (Å²) in [5.74, 6) is 0. The minimum Gasteiger partial charge on any atom is -0.0619 e. The van der Waals surface area contributed by atoms with E-state index in [0.29, 0.717) is 0 Å². The first-order valence-corrected chi connectivity index (χ1v) is 7.64. The van der Waals surface area contributed by atoms with Crippen molar-refractivity contribution in [3.63, 3.8) is 0 Å². The van der Waals surface area contributed by atoms with Crippen LogP contribution in [0.25, 0.3) is 22.3 Å². The van der Waals surface area contributed by atoms with Gasteiger partial charge in [-0.05, 0) is 64.3 Å². The van der Waals surface area contributed by atoms with Crippen molar-refractivity contribution in [1.82, 2.24) is 0 Å². The van der Waals surface area contributed by atoms with E-state index in [4.69, 9.17) is 0 Å². The molecule has 0 heterocycles. The predicted octanol–water partition coefficient (Wildman–Crippen LogP) is 5.14. The summed E-state index contributed by atoms with van der Waals surface area (Å²) < 4.78 is 0. The van der Waals surface area contributed by atoms with Gasteiger partial charge in [0.2, 0.25) is 0 Å². The second kappa shape index (κ2) is 3.85. The van der Waals surface area contributed by atoms with Gasteiger partial charge in [0.15, 0.2) is 0 Å². The van der Waals surface area contributed by atoms with E-state index in [-0.39, 0.29) is 0 Å². The van der Waals surface area contributed by atoms with Gasteiger partial charge >= 0.3 is 0 Å². The highest BCUT2D eigenvalue weighted by atomic mass is 14.3. The minimum absolute atomic E-state index is 1.08. The Bertz CT molecular complexity index is 900. The second-order valence-electron chi connectivity index (χ2n) is 6.31. The van der Waals surface area contributed by atoms with Crippen LogP contribution < -0.4 is 0 Å². The molecule has 0 atom stereocenters. The number of hydrogen-bond donors (Lipinski definition) is 0. The third-order valence-electron chi connectivity index (χ3n) is 4.96. The van der Waals surface area contributed by atoms with Crippen LogP contribution in [0.1, 0.15) is 27.8 Å². The molecule has 2 aliphatic carbocycles. The average molecular weight is 268 g/mol. The molecular formula is C21H16. The Morgan fingerprint density at radius 2 is 1.29 bits per heavy atom. The summed E-state index contributed by atoms with van der Waals surface area (Å²) in [5.41, 5.74) is 13.2. The smallest absolute Gasteiger partial charge is 0.00131 e. The van der Waals surface area contributed by atoms with Gasteiger partial charge in [-0.1, -0.05) is 60.2 Å². The molecule has 5 rings (SSSR count). The molecule has 0 aromatic heterocycles. The molecule has 0 amide bonds. The zero-order valence-corrected chi connectivity index (χ0v) is 12.1. The van der Waals surface area contributed by atoms with Crippen LogP contribution in [0.15, 0.2) is 54.6 Å². The van der Waals surface area contributed by atoms with Gasteiger partial charge in [-0.15, -0.1) is 0 Å². The van der Waals surface area contributed by atoms with Gasteiger partial charge in [-0.2, -0.15) is 0 Å². The molecule has 0 saturated heterocycles. The molecule has 0 N–H and O–H groups in total. The van der Waals surface area contributed by atoms with Crippen molar-refractivity contribution in [3.05, 3.63) is 82.4 Å². The van der Waals surface area contributed by atoms with Crippen LogP contribution in [0, 0.1) is 6.92 Å². The van der Waals surface area contributed by atoms with Gasteiger partial charge in [-0.3, -0.25) is 0 Å². The molecule has 21 heavy (non-hydrogen) atoms.